The number of esters is 1. The van der Waals surface area contributed by atoms with Crippen molar-refractivity contribution < 1.29 is 9.53 Å². The second kappa shape index (κ2) is 7.89. The van der Waals surface area contributed by atoms with E-state index in [1.165, 1.54) is 23.1 Å². The lowest BCUT2D eigenvalue weighted by molar-refractivity contribution is -0.140. The van der Waals surface area contributed by atoms with Crippen LogP contribution in [0.2, 0.25) is 0 Å². The predicted octanol–water partition coefficient (Wildman–Crippen LogP) is 3.74. The molecular weight excluding hydrogens is 280 g/mol. The normalized spacial score (nSPS) is 11.9. The molecule has 0 heterocycles. The second-order valence-corrected chi connectivity index (χ2v) is 7.12. The van der Waals surface area contributed by atoms with Crippen LogP contribution in [0.1, 0.15) is 17.5 Å². The van der Waals surface area contributed by atoms with E-state index < -0.39 is 0 Å². The van der Waals surface area contributed by atoms with Gasteiger partial charge in [0.1, 0.15) is 11.5 Å². The number of ether oxygens (including phenoxy) is 1. The van der Waals surface area contributed by atoms with Gasteiger partial charge in [0.2, 0.25) is 0 Å². The van der Waals surface area contributed by atoms with E-state index >= 15 is 0 Å². The fourth-order valence-electron chi connectivity index (χ4n) is 2.09. The number of hydrogen-bond acceptors (Lipinski definition) is 2. The van der Waals surface area contributed by atoms with Crippen molar-refractivity contribution in [3.63, 3.8) is 0 Å². The predicted molar refractivity (Wildman–Crippen MR) is 88.5 cm³/mol. The summed E-state index contributed by atoms with van der Waals surface area (Å²) in [5, 5.41) is 0. The van der Waals surface area contributed by atoms with Crippen molar-refractivity contribution in [2.24, 2.45) is 0 Å². The average Bonchev–Trinajstić information content (AvgIpc) is 2.53. The van der Waals surface area contributed by atoms with Gasteiger partial charge in [-0.3, -0.25) is 4.79 Å². The van der Waals surface area contributed by atoms with Crippen molar-refractivity contribution in [1.82, 2.24) is 0 Å². The molecule has 0 saturated heterocycles. The average molecular weight is 301 g/mol. The largest absolute Gasteiger partial charge is 0.469 e. The molecule has 0 amide bonds. The molecule has 110 valence electrons. The smallest absolute Gasteiger partial charge is 0.310 e. The van der Waals surface area contributed by atoms with Crippen molar-refractivity contribution in [3.05, 3.63) is 65.7 Å². The first-order valence-electron chi connectivity index (χ1n) is 7.04. The zero-order valence-electron chi connectivity index (χ0n) is 12.5. The number of methoxy groups -OCH3 is 1. The zero-order chi connectivity index (χ0) is 15.1. The van der Waals surface area contributed by atoms with Crippen LogP contribution in [0, 0.1) is 6.92 Å². The van der Waals surface area contributed by atoms with E-state index in [1.54, 1.807) is 0 Å². The Morgan fingerprint density at radius 1 is 1.05 bits per heavy atom. The highest BCUT2D eigenvalue weighted by atomic mass is 32.2. The minimum absolute atomic E-state index is 0.0299. The van der Waals surface area contributed by atoms with Crippen molar-refractivity contribution in [2.45, 2.75) is 24.0 Å². The van der Waals surface area contributed by atoms with Crippen LogP contribution < -0.4 is 0 Å². The van der Waals surface area contributed by atoms with Crippen LogP contribution in [0.5, 0.6) is 0 Å². The molecule has 0 fully saturated rings. The summed E-state index contributed by atoms with van der Waals surface area (Å²) < 4.78 is 4.77. The molecule has 0 aromatic heterocycles. The molecule has 0 radical (unpaired) electrons. The van der Waals surface area contributed by atoms with E-state index in [0.29, 0.717) is 6.42 Å². The van der Waals surface area contributed by atoms with Gasteiger partial charge in [0.05, 0.1) is 13.5 Å². The second-order valence-electron chi connectivity index (χ2n) is 4.97. The Balaban J connectivity index is 2.13. The van der Waals surface area contributed by atoms with Crippen molar-refractivity contribution >= 4 is 16.9 Å². The molecule has 2 nitrogen and oxygen atoms in total. The van der Waals surface area contributed by atoms with Crippen LogP contribution in [0.4, 0.5) is 0 Å². The Kier molecular flexibility index (Phi) is 5.88. The van der Waals surface area contributed by atoms with Crippen molar-refractivity contribution in [2.75, 3.05) is 12.9 Å². The number of carbonyl (C=O) groups is 1. The maximum atomic E-state index is 11.4. The van der Waals surface area contributed by atoms with Gasteiger partial charge in [0.15, 0.2) is 4.90 Å². The van der Waals surface area contributed by atoms with Crippen LogP contribution in [0.25, 0.3) is 0 Å². The highest BCUT2D eigenvalue weighted by Gasteiger charge is 2.23. The van der Waals surface area contributed by atoms with Gasteiger partial charge in [-0.25, -0.2) is 0 Å². The van der Waals surface area contributed by atoms with Gasteiger partial charge < -0.3 is 4.74 Å². The fraction of sp³-hybridized carbons (Fsp3) is 0.278. The minimum atomic E-state index is -0.132. The summed E-state index contributed by atoms with van der Waals surface area (Å²) in [4.78, 5) is 12.7. The third kappa shape index (κ3) is 4.94. The van der Waals surface area contributed by atoms with Crippen LogP contribution in [-0.2, 0) is 26.2 Å². The standard InChI is InChI=1S/C18H21O2S/c1-15-8-10-17(11-9-15)21(13-12-18(19)20-2)14-16-6-4-3-5-7-16/h3-11H,12-14H2,1-2H3/q+1. The number of rotatable bonds is 6. The molecule has 0 aliphatic carbocycles. The quantitative estimate of drug-likeness (QED) is 0.600. The molecule has 3 heteroatoms. The molecule has 0 aliphatic heterocycles. The van der Waals surface area contributed by atoms with E-state index in [4.69, 9.17) is 4.74 Å². The van der Waals surface area contributed by atoms with Crippen LogP contribution in [0.15, 0.2) is 59.5 Å². The Bertz CT molecular complexity index is 564. The summed E-state index contributed by atoms with van der Waals surface area (Å²) in [6, 6.07) is 19.1. The van der Waals surface area contributed by atoms with Crippen LogP contribution in [0.3, 0.4) is 0 Å². The molecule has 0 bridgehead atoms. The Morgan fingerprint density at radius 3 is 2.33 bits per heavy atom. The summed E-state index contributed by atoms with van der Waals surface area (Å²) in [6.45, 7) is 2.09. The van der Waals surface area contributed by atoms with E-state index in [2.05, 4.69) is 55.5 Å². The summed E-state index contributed by atoms with van der Waals surface area (Å²) in [7, 11) is 1.48. The molecule has 0 aliphatic rings. The maximum absolute atomic E-state index is 11.4. The van der Waals surface area contributed by atoms with Crippen molar-refractivity contribution in [1.29, 1.82) is 0 Å². The van der Waals surface area contributed by atoms with Crippen LogP contribution >= 0.6 is 0 Å². The lowest BCUT2D eigenvalue weighted by Gasteiger charge is -2.09. The Morgan fingerprint density at radius 2 is 1.71 bits per heavy atom. The number of hydrogen-bond donors (Lipinski definition) is 0. The zero-order valence-corrected chi connectivity index (χ0v) is 13.4. The lowest BCUT2D eigenvalue weighted by atomic mass is 10.2. The first kappa shape index (κ1) is 15.6. The highest BCUT2D eigenvalue weighted by Crippen LogP contribution is 2.21. The fourth-order valence-corrected chi connectivity index (χ4v) is 4.16. The summed E-state index contributed by atoms with van der Waals surface area (Å²) >= 11 is 0. The Labute approximate surface area is 129 Å². The van der Waals surface area contributed by atoms with Gasteiger partial charge in [-0.2, -0.15) is 0 Å². The topological polar surface area (TPSA) is 26.3 Å². The summed E-state index contributed by atoms with van der Waals surface area (Å²) in [6.07, 6.45) is 0.473. The molecule has 1 atom stereocenters. The lowest BCUT2D eigenvalue weighted by Crippen LogP contribution is -2.15. The van der Waals surface area contributed by atoms with Gasteiger partial charge >= 0.3 is 5.97 Å². The van der Waals surface area contributed by atoms with E-state index in [-0.39, 0.29) is 16.9 Å². The molecule has 1 unspecified atom stereocenters. The molecule has 0 saturated carbocycles. The first-order valence-corrected chi connectivity index (χ1v) is 8.60. The van der Waals surface area contributed by atoms with E-state index in [0.717, 1.165) is 11.5 Å². The summed E-state index contributed by atoms with van der Waals surface area (Å²) in [5.74, 6) is 1.68. The molecule has 0 N–H and O–H groups in total. The minimum Gasteiger partial charge on any atom is -0.469 e. The van der Waals surface area contributed by atoms with Crippen LogP contribution in [-0.4, -0.2) is 18.8 Å². The van der Waals surface area contributed by atoms with E-state index in [1.807, 2.05) is 6.07 Å². The number of aryl methyl sites for hydroxylation is 1. The Hall–Kier alpha value is -1.74. The third-order valence-corrected chi connectivity index (χ3v) is 5.64. The third-order valence-electron chi connectivity index (χ3n) is 3.32. The highest BCUT2D eigenvalue weighted by molar-refractivity contribution is 7.96. The maximum Gasteiger partial charge on any atom is 0.310 e. The molecule has 2 rings (SSSR count). The first-order chi connectivity index (χ1) is 10.2. The molecule has 0 spiro atoms. The van der Waals surface area contributed by atoms with Gasteiger partial charge in [-0.05, 0) is 19.1 Å². The van der Waals surface area contributed by atoms with Gasteiger partial charge in [0, 0.05) is 16.5 Å². The monoisotopic (exact) mass is 301 g/mol. The van der Waals surface area contributed by atoms with Gasteiger partial charge in [0.25, 0.3) is 0 Å². The number of carbonyl (C=O) groups excluding carboxylic acids is 1. The van der Waals surface area contributed by atoms with Gasteiger partial charge in [-0.15, -0.1) is 0 Å². The number of benzene rings is 2. The molecular formula is C18H21O2S+. The molecule has 2 aromatic carbocycles. The summed E-state index contributed by atoms with van der Waals surface area (Å²) in [5.41, 5.74) is 2.57. The molecule has 2 aromatic rings. The SMILES string of the molecule is COC(=O)CC[S+](Cc1ccccc1)c1ccc(C)cc1. The molecule has 21 heavy (non-hydrogen) atoms. The van der Waals surface area contributed by atoms with E-state index in [9.17, 15) is 4.79 Å². The van der Waals surface area contributed by atoms with Gasteiger partial charge in [-0.1, -0.05) is 48.0 Å². The van der Waals surface area contributed by atoms with Crippen molar-refractivity contribution in [3.8, 4) is 0 Å².